The Kier molecular flexibility index (Phi) is 6.96. The third kappa shape index (κ3) is 3.93. The van der Waals surface area contributed by atoms with Crippen LogP contribution in [0.3, 0.4) is 0 Å². The first kappa shape index (κ1) is 19.8. The molecule has 0 atom stereocenters. The van der Waals surface area contributed by atoms with E-state index in [1.54, 1.807) is 0 Å². The summed E-state index contributed by atoms with van der Waals surface area (Å²) in [5.41, 5.74) is 14.8. The third-order valence-corrected chi connectivity index (χ3v) is 2.97. The van der Waals surface area contributed by atoms with Gasteiger partial charge in [0.05, 0.1) is 11.4 Å². The summed E-state index contributed by atoms with van der Waals surface area (Å²) < 4.78 is 0. The van der Waals surface area contributed by atoms with Crippen LogP contribution in [0.4, 0.5) is 0 Å². The molecule has 0 spiro atoms. The fraction of sp³-hybridized carbons (Fsp3) is 0.143. The summed E-state index contributed by atoms with van der Waals surface area (Å²) in [6.45, 7) is 3.69. The second-order valence-electron chi connectivity index (χ2n) is 4.55. The zero-order valence-corrected chi connectivity index (χ0v) is 13.8. The zero-order chi connectivity index (χ0) is 14.9. The van der Waals surface area contributed by atoms with Gasteiger partial charge < -0.3 is 11.5 Å². The lowest BCUT2D eigenvalue weighted by Gasteiger charge is -2.09. The molecular weight excluding hydrogens is 323 g/mol. The number of amidine groups is 2. The van der Waals surface area contributed by atoms with Crippen molar-refractivity contribution >= 4 is 36.5 Å². The van der Waals surface area contributed by atoms with Gasteiger partial charge in [-0.3, -0.25) is 10.8 Å². The maximum atomic E-state index is 7.52. The van der Waals surface area contributed by atoms with Gasteiger partial charge in [0.25, 0.3) is 0 Å². The molecule has 6 nitrogen and oxygen atoms in total. The van der Waals surface area contributed by atoms with Crippen LogP contribution in [0.5, 0.6) is 0 Å². The first-order valence-electron chi connectivity index (χ1n) is 6.04. The predicted octanol–water partition coefficient (Wildman–Crippen LogP) is 2.17. The van der Waals surface area contributed by atoms with Crippen LogP contribution in [0.15, 0.2) is 24.3 Å². The molecule has 0 aliphatic carbocycles. The Morgan fingerprint density at radius 1 is 0.773 bits per heavy atom. The van der Waals surface area contributed by atoms with E-state index in [0.29, 0.717) is 22.8 Å². The minimum Gasteiger partial charge on any atom is -0.382 e. The molecular formula is C14H18Cl2N6. The number of nitrogens with two attached hydrogens (primary N) is 2. The summed E-state index contributed by atoms with van der Waals surface area (Å²) in [7, 11) is 0. The van der Waals surface area contributed by atoms with Gasteiger partial charge in [-0.1, -0.05) is 12.1 Å². The molecule has 0 radical (unpaired) electrons. The molecule has 0 amide bonds. The highest BCUT2D eigenvalue weighted by Gasteiger charge is 2.10. The van der Waals surface area contributed by atoms with Gasteiger partial charge in [-0.05, 0) is 37.1 Å². The molecule has 0 bridgehead atoms. The van der Waals surface area contributed by atoms with Gasteiger partial charge in [0.1, 0.15) is 23.1 Å². The first-order chi connectivity index (χ1) is 9.40. The highest BCUT2D eigenvalue weighted by atomic mass is 35.5. The number of hydrogen-bond donors (Lipinski definition) is 4. The lowest BCUT2D eigenvalue weighted by atomic mass is 10.1. The summed E-state index contributed by atoms with van der Waals surface area (Å²) in [6.07, 6.45) is 0. The van der Waals surface area contributed by atoms with Crippen LogP contribution in [0.25, 0.3) is 11.4 Å². The fourth-order valence-electron chi connectivity index (χ4n) is 1.89. The van der Waals surface area contributed by atoms with Crippen molar-refractivity contribution in [2.45, 2.75) is 13.8 Å². The lowest BCUT2D eigenvalue weighted by Crippen LogP contribution is -2.16. The van der Waals surface area contributed by atoms with Gasteiger partial charge in [0.15, 0.2) is 0 Å². The molecule has 2 heterocycles. The maximum Gasteiger partial charge on any atom is 0.142 e. The van der Waals surface area contributed by atoms with Crippen LogP contribution in [-0.4, -0.2) is 21.6 Å². The molecule has 0 aromatic carbocycles. The molecule has 2 rings (SSSR count). The molecule has 118 valence electrons. The molecule has 0 saturated heterocycles. The number of nitrogen functional groups attached to an aromatic ring is 2. The molecule has 2 aromatic heterocycles. The minimum atomic E-state index is -0.0803. The van der Waals surface area contributed by atoms with Crippen molar-refractivity contribution in [3.05, 3.63) is 46.8 Å². The predicted molar refractivity (Wildman–Crippen MR) is 93.5 cm³/mol. The summed E-state index contributed by atoms with van der Waals surface area (Å²) in [4.78, 5) is 8.70. The Labute approximate surface area is 141 Å². The SMILES string of the molecule is Cc1ccc(-c2ccc(C)c(C(=N)N)n2)nc1C(=N)N.Cl.Cl. The van der Waals surface area contributed by atoms with E-state index in [-0.39, 0.29) is 36.5 Å². The van der Waals surface area contributed by atoms with Crippen LogP contribution in [0.2, 0.25) is 0 Å². The Balaban J connectivity index is 0.00000220. The van der Waals surface area contributed by atoms with E-state index >= 15 is 0 Å². The van der Waals surface area contributed by atoms with Gasteiger partial charge in [-0.15, -0.1) is 24.8 Å². The monoisotopic (exact) mass is 340 g/mol. The van der Waals surface area contributed by atoms with Crippen molar-refractivity contribution in [3.63, 3.8) is 0 Å². The van der Waals surface area contributed by atoms with Crippen molar-refractivity contribution in [1.29, 1.82) is 10.8 Å². The van der Waals surface area contributed by atoms with Gasteiger partial charge in [-0.2, -0.15) is 0 Å². The number of halogens is 2. The Morgan fingerprint density at radius 2 is 1.09 bits per heavy atom. The Bertz CT molecular complexity index is 653. The van der Waals surface area contributed by atoms with Crippen molar-refractivity contribution in [1.82, 2.24) is 9.97 Å². The van der Waals surface area contributed by atoms with Crippen LogP contribution < -0.4 is 11.5 Å². The number of pyridine rings is 2. The number of aryl methyl sites for hydroxylation is 2. The van der Waals surface area contributed by atoms with Crippen LogP contribution in [0.1, 0.15) is 22.5 Å². The maximum absolute atomic E-state index is 7.52. The number of nitrogens with zero attached hydrogens (tertiary/aromatic N) is 2. The smallest absolute Gasteiger partial charge is 0.142 e. The highest BCUT2D eigenvalue weighted by Crippen LogP contribution is 2.18. The third-order valence-electron chi connectivity index (χ3n) is 2.97. The average Bonchev–Trinajstić information content (AvgIpc) is 2.39. The average molecular weight is 341 g/mol. The lowest BCUT2D eigenvalue weighted by molar-refractivity contribution is 1.16. The molecule has 22 heavy (non-hydrogen) atoms. The van der Waals surface area contributed by atoms with E-state index in [2.05, 4.69) is 9.97 Å². The topological polar surface area (TPSA) is 126 Å². The molecule has 0 unspecified atom stereocenters. The van der Waals surface area contributed by atoms with Gasteiger partial charge in [0, 0.05) is 0 Å². The molecule has 0 aliphatic rings. The van der Waals surface area contributed by atoms with Crippen molar-refractivity contribution in [2.24, 2.45) is 11.5 Å². The van der Waals surface area contributed by atoms with E-state index in [1.165, 1.54) is 0 Å². The first-order valence-corrected chi connectivity index (χ1v) is 6.04. The Morgan fingerprint density at radius 3 is 1.36 bits per heavy atom. The molecule has 0 aliphatic heterocycles. The normalized spacial score (nSPS) is 9.36. The molecule has 2 aromatic rings. The van der Waals surface area contributed by atoms with Crippen molar-refractivity contribution in [2.75, 3.05) is 0 Å². The van der Waals surface area contributed by atoms with E-state index < -0.39 is 0 Å². The van der Waals surface area contributed by atoms with Gasteiger partial charge >= 0.3 is 0 Å². The summed E-state index contributed by atoms with van der Waals surface area (Å²) in [5, 5.41) is 15.0. The van der Waals surface area contributed by atoms with Crippen LogP contribution in [-0.2, 0) is 0 Å². The summed E-state index contributed by atoms with van der Waals surface area (Å²) in [5.74, 6) is -0.161. The standard InChI is InChI=1S/C14H16N6.2ClH/c1-7-3-5-9(19-11(7)13(15)16)10-6-4-8(2)12(20-10)14(17)18;;/h3-6H,1-2H3,(H3,15,16)(H3,17,18);2*1H. The number of nitrogens with one attached hydrogen (secondary N) is 2. The molecule has 6 N–H and O–H groups in total. The van der Waals surface area contributed by atoms with Crippen molar-refractivity contribution in [3.8, 4) is 11.4 Å². The second kappa shape index (κ2) is 7.72. The van der Waals surface area contributed by atoms with E-state index in [9.17, 15) is 0 Å². The highest BCUT2D eigenvalue weighted by molar-refractivity contribution is 5.96. The van der Waals surface area contributed by atoms with E-state index in [1.807, 2.05) is 38.1 Å². The minimum absolute atomic E-state index is 0. The number of rotatable bonds is 3. The summed E-state index contributed by atoms with van der Waals surface area (Å²) >= 11 is 0. The van der Waals surface area contributed by atoms with Crippen LogP contribution in [0, 0.1) is 24.7 Å². The Hall–Kier alpha value is -2.18. The van der Waals surface area contributed by atoms with Crippen molar-refractivity contribution < 1.29 is 0 Å². The van der Waals surface area contributed by atoms with Crippen LogP contribution >= 0.6 is 24.8 Å². The van der Waals surface area contributed by atoms with Gasteiger partial charge in [0.2, 0.25) is 0 Å². The summed E-state index contributed by atoms with van der Waals surface area (Å²) in [6, 6.07) is 7.30. The number of hydrogen-bond acceptors (Lipinski definition) is 4. The largest absolute Gasteiger partial charge is 0.382 e. The fourth-order valence-corrected chi connectivity index (χ4v) is 1.89. The number of aromatic nitrogens is 2. The second-order valence-corrected chi connectivity index (χ2v) is 4.55. The van der Waals surface area contributed by atoms with E-state index in [0.717, 1.165) is 11.1 Å². The van der Waals surface area contributed by atoms with Gasteiger partial charge in [-0.25, -0.2) is 9.97 Å². The molecule has 0 saturated carbocycles. The molecule has 8 heteroatoms. The zero-order valence-electron chi connectivity index (χ0n) is 12.2. The molecule has 0 fully saturated rings. The van der Waals surface area contributed by atoms with E-state index in [4.69, 9.17) is 22.3 Å². The quantitative estimate of drug-likeness (QED) is 0.504.